The van der Waals surface area contributed by atoms with Gasteiger partial charge in [-0.05, 0) is 40.9 Å². The van der Waals surface area contributed by atoms with Crippen LogP contribution in [0.5, 0.6) is 5.75 Å². The molecule has 1 aromatic rings. The second-order valence-electron chi connectivity index (χ2n) is 6.84. The Morgan fingerprint density at radius 2 is 2.10 bits per heavy atom. The number of amides is 1. The minimum Gasteiger partial charge on any atom is -0.496 e. The molecule has 0 aromatic heterocycles. The third kappa shape index (κ3) is 1.49. The van der Waals surface area contributed by atoms with Gasteiger partial charge in [-0.2, -0.15) is 0 Å². The van der Waals surface area contributed by atoms with Gasteiger partial charge in [-0.3, -0.25) is 4.79 Å². The van der Waals surface area contributed by atoms with E-state index in [1.807, 2.05) is 11.0 Å². The summed E-state index contributed by atoms with van der Waals surface area (Å²) in [6.45, 7) is 7.82. The summed E-state index contributed by atoms with van der Waals surface area (Å²) in [5.74, 6) is 0.954. The van der Waals surface area contributed by atoms with Crippen molar-refractivity contribution in [3.63, 3.8) is 0 Å². The molecule has 108 valence electrons. The number of nitrogens with zero attached hydrogens (tertiary/aromatic N) is 1. The van der Waals surface area contributed by atoms with Crippen molar-refractivity contribution in [3.8, 4) is 5.75 Å². The number of benzene rings is 1. The fourth-order valence-electron chi connectivity index (χ4n) is 4.30. The Balaban J connectivity index is 2.19. The van der Waals surface area contributed by atoms with Crippen LogP contribution in [-0.2, 0) is 16.6 Å². The molecule has 1 fully saturated rings. The van der Waals surface area contributed by atoms with Crippen molar-refractivity contribution in [1.29, 1.82) is 0 Å². The summed E-state index contributed by atoms with van der Waals surface area (Å²) in [6.07, 6.45) is 2.99. The summed E-state index contributed by atoms with van der Waals surface area (Å²) < 4.78 is 5.55. The van der Waals surface area contributed by atoms with E-state index in [0.29, 0.717) is 0 Å². The molecule has 20 heavy (non-hydrogen) atoms. The summed E-state index contributed by atoms with van der Waals surface area (Å²) >= 11 is 0. The zero-order valence-corrected chi connectivity index (χ0v) is 12.8. The van der Waals surface area contributed by atoms with Crippen LogP contribution >= 0.6 is 0 Å². The lowest BCUT2D eigenvalue weighted by molar-refractivity contribution is -0.120. The van der Waals surface area contributed by atoms with Gasteiger partial charge in [0.25, 0.3) is 0 Å². The summed E-state index contributed by atoms with van der Waals surface area (Å²) in [4.78, 5) is 13.4. The smallest absolute Gasteiger partial charge is 0.209 e. The van der Waals surface area contributed by atoms with Gasteiger partial charge in [-0.1, -0.05) is 32.9 Å². The van der Waals surface area contributed by atoms with Gasteiger partial charge in [0.2, 0.25) is 6.41 Å². The average Bonchev–Trinajstić information content (AvgIpc) is 2.77. The van der Waals surface area contributed by atoms with E-state index in [1.54, 1.807) is 7.11 Å². The lowest BCUT2D eigenvalue weighted by Crippen LogP contribution is -2.53. The number of carbonyl (C=O) groups is 1. The third-order valence-corrected chi connectivity index (χ3v) is 6.01. The van der Waals surface area contributed by atoms with Crippen LogP contribution in [0.1, 0.15) is 38.3 Å². The van der Waals surface area contributed by atoms with Crippen LogP contribution in [0.2, 0.25) is 0 Å². The van der Waals surface area contributed by atoms with E-state index in [-0.39, 0.29) is 16.9 Å². The van der Waals surface area contributed by atoms with E-state index < -0.39 is 0 Å². The lowest BCUT2D eigenvalue weighted by Gasteiger charge is -2.51. The molecule has 1 amide bonds. The van der Waals surface area contributed by atoms with Crippen molar-refractivity contribution >= 4 is 6.41 Å². The Kier molecular flexibility index (Phi) is 2.86. The third-order valence-electron chi connectivity index (χ3n) is 6.01. The van der Waals surface area contributed by atoms with Crippen LogP contribution in [-0.4, -0.2) is 31.0 Å². The highest BCUT2D eigenvalue weighted by molar-refractivity contribution is 5.54. The Morgan fingerprint density at radius 1 is 1.35 bits per heavy atom. The monoisotopic (exact) mass is 273 g/mol. The fraction of sp³-hybridized carbons (Fsp3) is 0.588. The molecule has 3 heteroatoms. The van der Waals surface area contributed by atoms with E-state index in [1.165, 1.54) is 11.1 Å². The summed E-state index contributed by atoms with van der Waals surface area (Å²) in [5, 5.41) is 0. The number of carbonyl (C=O) groups excluding carboxylic acids is 1. The van der Waals surface area contributed by atoms with Crippen LogP contribution < -0.4 is 4.74 Å². The molecule has 1 heterocycles. The van der Waals surface area contributed by atoms with Gasteiger partial charge in [0.1, 0.15) is 5.75 Å². The molecule has 0 bridgehead atoms. The Bertz CT molecular complexity index is 552. The van der Waals surface area contributed by atoms with Crippen LogP contribution in [0.25, 0.3) is 0 Å². The van der Waals surface area contributed by atoms with Crippen LogP contribution in [0.15, 0.2) is 18.2 Å². The highest BCUT2D eigenvalue weighted by atomic mass is 16.5. The largest absolute Gasteiger partial charge is 0.496 e. The van der Waals surface area contributed by atoms with Crippen molar-refractivity contribution in [1.82, 2.24) is 4.90 Å². The van der Waals surface area contributed by atoms with E-state index in [0.717, 1.165) is 31.5 Å². The first kappa shape index (κ1) is 13.5. The first-order chi connectivity index (χ1) is 9.45. The molecule has 0 spiro atoms. The highest BCUT2D eigenvalue weighted by Gasteiger charge is 2.56. The van der Waals surface area contributed by atoms with Crippen molar-refractivity contribution in [2.75, 3.05) is 13.7 Å². The van der Waals surface area contributed by atoms with Crippen LogP contribution in [0.3, 0.4) is 0 Å². The maximum absolute atomic E-state index is 11.4. The predicted molar refractivity (Wildman–Crippen MR) is 79.0 cm³/mol. The maximum Gasteiger partial charge on any atom is 0.209 e. The zero-order chi connectivity index (χ0) is 14.5. The molecule has 2 atom stereocenters. The molecule has 0 radical (unpaired) electrons. The average molecular weight is 273 g/mol. The predicted octanol–water partition coefficient (Wildman–Crippen LogP) is 2.77. The molecule has 1 aromatic carbocycles. The highest BCUT2D eigenvalue weighted by Crippen LogP contribution is 2.57. The number of hydrogen-bond acceptors (Lipinski definition) is 2. The summed E-state index contributed by atoms with van der Waals surface area (Å²) in [5.41, 5.74) is 2.82. The summed E-state index contributed by atoms with van der Waals surface area (Å²) in [7, 11) is 1.72. The Morgan fingerprint density at radius 3 is 2.75 bits per heavy atom. The molecule has 0 saturated carbocycles. The van der Waals surface area contributed by atoms with Gasteiger partial charge in [-0.25, -0.2) is 0 Å². The number of fused-ring (bicyclic) bond motifs is 2. The van der Waals surface area contributed by atoms with Crippen molar-refractivity contribution < 1.29 is 9.53 Å². The lowest BCUT2D eigenvalue weighted by atomic mass is 9.54. The number of methoxy groups -OCH3 is 1. The summed E-state index contributed by atoms with van der Waals surface area (Å²) in [6, 6.07) is 6.61. The van der Waals surface area contributed by atoms with Gasteiger partial charge in [0, 0.05) is 12.6 Å². The van der Waals surface area contributed by atoms with Gasteiger partial charge in [0.15, 0.2) is 0 Å². The number of likely N-dealkylation sites (tertiary alicyclic amines) is 1. The quantitative estimate of drug-likeness (QED) is 0.775. The van der Waals surface area contributed by atoms with Gasteiger partial charge < -0.3 is 9.64 Å². The standard InChI is InChI=1S/C17H23NO2/c1-16(2)13-6-5-7-14(20-4)12(13)10-15-17(16,3)8-9-18(15)11-19/h5-7,11,15H,8-10H2,1-4H3. The van der Waals surface area contributed by atoms with Crippen molar-refractivity contribution in [3.05, 3.63) is 29.3 Å². The van der Waals surface area contributed by atoms with Gasteiger partial charge in [0.05, 0.1) is 7.11 Å². The maximum atomic E-state index is 11.4. The van der Waals surface area contributed by atoms with Gasteiger partial charge in [-0.15, -0.1) is 0 Å². The van der Waals surface area contributed by atoms with Crippen molar-refractivity contribution in [2.45, 2.75) is 45.1 Å². The van der Waals surface area contributed by atoms with Crippen LogP contribution in [0, 0.1) is 5.41 Å². The molecule has 2 aliphatic rings. The molecular formula is C17H23NO2. The van der Waals surface area contributed by atoms with E-state index >= 15 is 0 Å². The van der Waals surface area contributed by atoms with Gasteiger partial charge >= 0.3 is 0 Å². The minimum absolute atomic E-state index is 0.0392. The molecule has 1 saturated heterocycles. The molecule has 1 aliphatic carbocycles. The SMILES string of the molecule is COc1cccc2c1CC1N(C=O)CCC1(C)C2(C)C. The number of ether oxygens (including phenoxy) is 1. The van der Waals surface area contributed by atoms with Crippen molar-refractivity contribution in [2.24, 2.45) is 5.41 Å². The normalized spacial score (nSPS) is 30.6. The zero-order valence-electron chi connectivity index (χ0n) is 12.8. The molecule has 2 unspecified atom stereocenters. The topological polar surface area (TPSA) is 29.5 Å². The second kappa shape index (κ2) is 4.24. The van der Waals surface area contributed by atoms with E-state index in [2.05, 4.69) is 32.9 Å². The minimum atomic E-state index is 0.0392. The number of rotatable bonds is 2. The molecule has 1 aliphatic heterocycles. The second-order valence-corrected chi connectivity index (χ2v) is 6.84. The Hall–Kier alpha value is -1.51. The molecule has 0 N–H and O–H groups in total. The Labute approximate surface area is 120 Å². The fourth-order valence-corrected chi connectivity index (χ4v) is 4.30. The van der Waals surface area contributed by atoms with E-state index in [9.17, 15) is 4.79 Å². The molecular weight excluding hydrogens is 250 g/mol. The number of hydrogen-bond donors (Lipinski definition) is 0. The molecule has 3 rings (SSSR count). The first-order valence-corrected chi connectivity index (χ1v) is 7.33. The molecule has 3 nitrogen and oxygen atoms in total. The van der Waals surface area contributed by atoms with Crippen LogP contribution in [0.4, 0.5) is 0 Å². The first-order valence-electron chi connectivity index (χ1n) is 7.33. The van der Waals surface area contributed by atoms with E-state index in [4.69, 9.17) is 4.74 Å².